The lowest BCUT2D eigenvalue weighted by molar-refractivity contribution is -0.116. The third kappa shape index (κ3) is 4.64. The molecule has 0 aliphatic heterocycles. The van der Waals surface area contributed by atoms with Crippen molar-refractivity contribution in [2.24, 2.45) is 0 Å². The molecule has 132 valence electrons. The molecule has 0 saturated carbocycles. The second-order valence-corrected chi connectivity index (χ2v) is 5.71. The Kier molecular flexibility index (Phi) is 5.90. The number of hydrogen-bond acceptors (Lipinski definition) is 4. The monoisotopic (exact) mass is 348 g/mol. The van der Waals surface area contributed by atoms with E-state index in [-0.39, 0.29) is 19.1 Å². The number of hydrogen-bond donors (Lipinski definition) is 2. The number of nitrogens with one attached hydrogen (secondary N) is 1. The van der Waals surface area contributed by atoms with E-state index in [1.165, 1.54) is 6.08 Å². The fraction of sp³-hybridized carbons (Fsp3) is 0.150. The summed E-state index contributed by atoms with van der Waals surface area (Å²) in [4.78, 5) is 15.9. The molecule has 0 fully saturated rings. The summed E-state index contributed by atoms with van der Waals surface area (Å²) in [6.07, 6.45) is 8.54. The van der Waals surface area contributed by atoms with Gasteiger partial charge in [0.25, 0.3) is 0 Å². The van der Waals surface area contributed by atoms with Crippen LogP contribution in [0.25, 0.3) is 17.3 Å². The summed E-state index contributed by atoms with van der Waals surface area (Å²) < 4.78 is 1.85. The van der Waals surface area contributed by atoms with Gasteiger partial charge in [-0.25, -0.2) is 0 Å². The minimum atomic E-state index is -0.257. The molecule has 6 heteroatoms. The highest BCUT2D eigenvalue weighted by Crippen LogP contribution is 2.22. The van der Waals surface area contributed by atoms with Gasteiger partial charge in [0.15, 0.2) is 0 Å². The third-order valence-corrected chi connectivity index (χ3v) is 3.74. The predicted molar refractivity (Wildman–Crippen MR) is 100 cm³/mol. The first kappa shape index (κ1) is 17.6. The second-order valence-electron chi connectivity index (χ2n) is 5.71. The summed E-state index contributed by atoms with van der Waals surface area (Å²) in [5.74, 6) is -0.257. The molecule has 0 atom stereocenters. The Balaban J connectivity index is 1.88. The predicted octanol–water partition coefficient (Wildman–Crippen LogP) is 2.12. The molecule has 0 radical (unpaired) electrons. The van der Waals surface area contributed by atoms with Gasteiger partial charge in [-0.3, -0.25) is 14.5 Å². The van der Waals surface area contributed by atoms with Crippen LogP contribution in [0.2, 0.25) is 0 Å². The first-order valence-corrected chi connectivity index (χ1v) is 8.35. The number of rotatable bonds is 7. The van der Waals surface area contributed by atoms with Gasteiger partial charge in [-0.15, -0.1) is 0 Å². The molecule has 26 heavy (non-hydrogen) atoms. The average molecular weight is 348 g/mol. The van der Waals surface area contributed by atoms with Gasteiger partial charge in [-0.05, 0) is 23.8 Å². The lowest BCUT2D eigenvalue weighted by Crippen LogP contribution is -2.24. The number of carbonyl (C=O) groups is 1. The summed E-state index contributed by atoms with van der Waals surface area (Å²) in [5, 5.41) is 16.0. The molecule has 2 heterocycles. The van der Waals surface area contributed by atoms with E-state index < -0.39 is 0 Å². The molecule has 0 aliphatic carbocycles. The van der Waals surface area contributed by atoms with Gasteiger partial charge in [0.05, 0.1) is 13.2 Å². The molecule has 0 unspecified atom stereocenters. The maximum atomic E-state index is 11.8. The molecule has 3 rings (SSSR count). The SMILES string of the molecule is O=C(/C=C/c1cn(Cc2ccccc2)nc1-c1cccnc1)NCCO. The van der Waals surface area contributed by atoms with Gasteiger partial charge in [0.2, 0.25) is 5.91 Å². The van der Waals surface area contributed by atoms with Crippen molar-refractivity contribution in [2.75, 3.05) is 13.2 Å². The van der Waals surface area contributed by atoms with Crippen molar-refractivity contribution in [2.45, 2.75) is 6.54 Å². The van der Waals surface area contributed by atoms with Crippen LogP contribution in [0.4, 0.5) is 0 Å². The molecule has 2 aromatic heterocycles. The molecule has 1 amide bonds. The van der Waals surface area contributed by atoms with Crippen molar-refractivity contribution in [3.8, 4) is 11.3 Å². The summed E-state index contributed by atoms with van der Waals surface area (Å²) in [5.41, 5.74) is 3.62. The number of pyridine rings is 1. The molecule has 0 spiro atoms. The molecule has 6 nitrogen and oxygen atoms in total. The van der Waals surface area contributed by atoms with Crippen LogP contribution >= 0.6 is 0 Å². The van der Waals surface area contributed by atoms with Crippen molar-refractivity contribution in [1.82, 2.24) is 20.1 Å². The lowest BCUT2D eigenvalue weighted by Gasteiger charge is -2.01. The maximum Gasteiger partial charge on any atom is 0.244 e. The van der Waals surface area contributed by atoms with Crippen LogP contribution in [0, 0.1) is 0 Å². The van der Waals surface area contributed by atoms with Crippen molar-refractivity contribution in [3.63, 3.8) is 0 Å². The Hall–Kier alpha value is -3.25. The normalized spacial score (nSPS) is 11.0. The highest BCUT2D eigenvalue weighted by Gasteiger charge is 2.10. The number of benzene rings is 1. The molecular formula is C20H20N4O2. The van der Waals surface area contributed by atoms with Crippen molar-refractivity contribution in [1.29, 1.82) is 0 Å². The van der Waals surface area contributed by atoms with Gasteiger partial charge >= 0.3 is 0 Å². The summed E-state index contributed by atoms with van der Waals surface area (Å²) in [6, 6.07) is 13.8. The highest BCUT2D eigenvalue weighted by atomic mass is 16.3. The Bertz CT molecular complexity index is 873. The minimum Gasteiger partial charge on any atom is -0.395 e. The Morgan fingerprint density at radius 3 is 2.77 bits per heavy atom. The summed E-state index contributed by atoms with van der Waals surface area (Å²) in [6.45, 7) is 0.778. The van der Waals surface area contributed by atoms with Crippen LogP contribution in [0.15, 0.2) is 67.1 Å². The number of aliphatic hydroxyl groups excluding tert-OH is 1. The van der Waals surface area contributed by atoms with Crippen LogP contribution in [0.3, 0.4) is 0 Å². The zero-order chi connectivity index (χ0) is 18.2. The highest BCUT2D eigenvalue weighted by molar-refractivity contribution is 5.92. The Morgan fingerprint density at radius 2 is 2.04 bits per heavy atom. The largest absolute Gasteiger partial charge is 0.395 e. The first-order valence-electron chi connectivity index (χ1n) is 8.35. The number of nitrogens with zero attached hydrogens (tertiary/aromatic N) is 3. The quantitative estimate of drug-likeness (QED) is 0.641. The van der Waals surface area contributed by atoms with E-state index in [0.717, 1.165) is 22.4 Å². The molecule has 0 saturated heterocycles. The van der Waals surface area contributed by atoms with Crippen LogP contribution in [0.5, 0.6) is 0 Å². The van der Waals surface area contributed by atoms with Crippen molar-refractivity contribution >= 4 is 12.0 Å². The Labute approximate surface area is 151 Å². The van der Waals surface area contributed by atoms with Crippen LogP contribution in [-0.4, -0.2) is 38.9 Å². The average Bonchev–Trinajstić information content (AvgIpc) is 3.09. The molecule has 1 aromatic carbocycles. The van der Waals surface area contributed by atoms with E-state index in [1.54, 1.807) is 18.5 Å². The van der Waals surface area contributed by atoms with Gasteiger partial charge in [0.1, 0.15) is 5.69 Å². The van der Waals surface area contributed by atoms with Gasteiger partial charge in [-0.2, -0.15) is 5.10 Å². The molecule has 2 N–H and O–H groups in total. The summed E-state index contributed by atoms with van der Waals surface area (Å²) in [7, 11) is 0. The smallest absolute Gasteiger partial charge is 0.244 e. The van der Waals surface area contributed by atoms with E-state index in [0.29, 0.717) is 6.54 Å². The zero-order valence-electron chi connectivity index (χ0n) is 14.2. The minimum absolute atomic E-state index is 0.0878. The number of aromatic nitrogens is 3. The number of carbonyl (C=O) groups excluding carboxylic acids is 1. The van der Waals surface area contributed by atoms with Crippen LogP contribution < -0.4 is 5.32 Å². The Morgan fingerprint density at radius 1 is 1.19 bits per heavy atom. The van der Waals surface area contributed by atoms with E-state index in [9.17, 15) is 4.79 Å². The molecule has 0 bridgehead atoms. The number of amides is 1. The fourth-order valence-corrected chi connectivity index (χ4v) is 2.54. The summed E-state index contributed by atoms with van der Waals surface area (Å²) >= 11 is 0. The standard InChI is InChI=1S/C20H20N4O2/c25-12-11-22-19(26)9-8-18-15-24(14-16-5-2-1-3-6-16)23-20(18)17-7-4-10-21-13-17/h1-10,13,15,25H,11-12,14H2,(H,22,26)/b9-8+. The van der Waals surface area contributed by atoms with Crippen molar-refractivity contribution < 1.29 is 9.90 Å². The van der Waals surface area contributed by atoms with E-state index in [2.05, 4.69) is 15.4 Å². The zero-order valence-corrected chi connectivity index (χ0v) is 14.2. The molecule has 3 aromatic rings. The van der Waals surface area contributed by atoms with E-state index in [4.69, 9.17) is 5.11 Å². The fourth-order valence-electron chi connectivity index (χ4n) is 2.54. The van der Waals surface area contributed by atoms with E-state index >= 15 is 0 Å². The number of aliphatic hydroxyl groups is 1. The second kappa shape index (κ2) is 8.73. The van der Waals surface area contributed by atoms with E-state index in [1.807, 2.05) is 53.3 Å². The van der Waals surface area contributed by atoms with Crippen molar-refractivity contribution in [3.05, 3.63) is 78.3 Å². The van der Waals surface area contributed by atoms with Gasteiger partial charge in [0, 0.05) is 42.3 Å². The molecular weight excluding hydrogens is 328 g/mol. The maximum absolute atomic E-state index is 11.8. The molecule has 0 aliphatic rings. The van der Waals surface area contributed by atoms with Gasteiger partial charge < -0.3 is 10.4 Å². The van der Waals surface area contributed by atoms with Crippen LogP contribution in [-0.2, 0) is 11.3 Å². The first-order chi connectivity index (χ1) is 12.8. The topological polar surface area (TPSA) is 80.0 Å². The van der Waals surface area contributed by atoms with Gasteiger partial charge in [-0.1, -0.05) is 30.3 Å². The lowest BCUT2D eigenvalue weighted by atomic mass is 10.1. The van der Waals surface area contributed by atoms with Crippen LogP contribution in [0.1, 0.15) is 11.1 Å². The third-order valence-electron chi connectivity index (χ3n) is 3.74.